The number of amides is 1. The van der Waals surface area contributed by atoms with Crippen molar-refractivity contribution in [3.63, 3.8) is 0 Å². The second-order valence-corrected chi connectivity index (χ2v) is 7.68. The Labute approximate surface area is 164 Å². The molecule has 0 spiro atoms. The molecular formula is C18H15F3N4O3S. The molecular weight excluding hydrogens is 409 g/mol. The summed E-state index contributed by atoms with van der Waals surface area (Å²) in [4.78, 5) is 10.9. The van der Waals surface area contributed by atoms with Crippen molar-refractivity contribution in [3.8, 4) is 16.9 Å². The smallest absolute Gasteiger partial charge is 0.326 e. The first-order valence-electron chi connectivity index (χ1n) is 8.14. The summed E-state index contributed by atoms with van der Waals surface area (Å²) >= 11 is 0. The number of benzene rings is 2. The molecule has 3 aromatic rings. The number of alkyl halides is 3. The van der Waals surface area contributed by atoms with Crippen LogP contribution in [0.2, 0.25) is 0 Å². The monoisotopic (exact) mass is 424 g/mol. The minimum Gasteiger partial charge on any atom is -0.326 e. The Hall–Kier alpha value is -3.18. The van der Waals surface area contributed by atoms with Gasteiger partial charge in [0.2, 0.25) is 15.9 Å². The molecule has 1 amide bonds. The van der Waals surface area contributed by atoms with Crippen LogP contribution in [0.25, 0.3) is 16.9 Å². The lowest BCUT2D eigenvalue weighted by Gasteiger charge is -2.09. The highest BCUT2D eigenvalue weighted by molar-refractivity contribution is 7.89. The highest BCUT2D eigenvalue weighted by Crippen LogP contribution is 2.33. The van der Waals surface area contributed by atoms with Crippen LogP contribution in [0.1, 0.15) is 12.6 Å². The highest BCUT2D eigenvalue weighted by Gasteiger charge is 2.35. The van der Waals surface area contributed by atoms with Gasteiger partial charge >= 0.3 is 6.18 Å². The fourth-order valence-corrected chi connectivity index (χ4v) is 3.14. The lowest BCUT2D eigenvalue weighted by Crippen LogP contribution is -2.12. The van der Waals surface area contributed by atoms with Gasteiger partial charge in [0.25, 0.3) is 0 Å². The van der Waals surface area contributed by atoms with Crippen molar-refractivity contribution >= 4 is 21.6 Å². The van der Waals surface area contributed by atoms with Crippen LogP contribution in [0.5, 0.6) is 0 Å². The van der Waals surface area contributed by atoms with Gasteiger partial charge in [0, 0.05) is 18.2 Å². The van der Waals surface area contributed by atoms with Crippen LogP contribution in [-0.4, -0.2) is 24.1 Å². The van der Waals surface area contributed by atoms with Crippen LogP contribution in [0.3, 0.4) is 0 Å². The molecule has 3 rings (SSSR count). The van der Waals surface area contributed by atoms with Gasteiger partial charge < -0.3 is 5.32 Å². The van der Waals surface area contributed by atoms with Crippen molar-refractivity contribution in [2.24, 2.45) is 5.14 Å². The van der Waals surface area contributed by atoms with Gasteiger partial charge in [-0.05, 0) is 42.5 Å². The van der Waals surface area contributed by atoms with E-state index < -0.39 is 21.9 Å². The summed E-state index contributed by atoms with van der Waals surface area (Å²) in [6, 6.07) is 12.0. The third-order valence-corrected chi connectivity index (χ3v) is 4.84. The van der Waals surface area contributed by atoms with E-state index in [4.69, 9.17) is 5.14 Å². The van der Waals surface area contributed by atoms with Crippen LogP contribution >= 0.6 is 0 Å². The van der Waals surface area contributed by atoms with Gasteiger partial charge in [-0.15, -0.1) is 0 Å². The number of rotatable bonds is 4. The lowest BCUT2D eigenvalue weighted by atomic mass is 10.1. The first kappa shape index (κ1) is 20.6. The molecule has 0 atom stereocenters. The molecule has 0 aliphatic rings. The second-order valence-electron chi connectivity index (χ2n) is 6.12. The van der Waals surface area contributed by atoms with E-state index in [2.05, 4.69) is 10.4 Å². The van der Waals surface area contributed by atoms with Gasteiger partial charge in [0.15, 0.2) is 5.69 Å². The maximum atomic E-state index is 13.2. The molecule has 11 heteroatoms. The minimum atomic E-state index is -4.67. The Balaban J connectivity index is 2.09. The average Bonchev–Trinajstić information content (AvgIpc) is 3.07. The molecule has 0 bridgehead atoms. The van der Waals surface area contributed by atoms with Crippen LogP contribution in [0.4, 0.5) is 18.9 Å². The van der Waals surface area contributed by atoms with Crippen molar-refractivity contribution < 1.29 is 26.4 Å². The van der Waals surface area contributed by atoms with Crippen molar-refractivity contribution in [3.05, 3.63) is 60.3 Å². The Kier molecular flexibility index (Phi) is 5.20. The number of nitrogens with one attached hydrogen (secondary N) is 1. The van der Waals surface area contributed by atoms with E-state index in [0.29, 0.717) is 11.3 Å². The predicted molar refractivity (Wildman–Crippen MR) is 99.7 cm³/mol. The Bertz CT molecular complexity index is 1150. The maximum Gasteiger partial charge on any atom is 0.435 e. The second kappa shape index (κ2) is 7.33. The molecule has 7 nitrogen and oxygen atoms in total. The summed E-state index contributed by atoms with van der Waals surface area (Å²) in [5.41, 5.74) is 0.149. The van der Waals surface area contributed by atoms with Gasteiger partial charge in [0.1, 0.15) is 0 Å². The molecule has 2 aromatic carbocycles. The van der Waals surface area contributed by atoms with E-state index in [0.717, 1.165) is 10.7 Å². The summed E-state index contributed by atoms with van der Waals surface area (Å²) < 4.78 is 63.5. The number of aromatic nitrogens is 2. The van der Waals surface area contributed by atoms with E-state index in [9.17, 15) is 26.4 Å². The van der Waals surface area contributed by atoms with Crippen LogP contribution in [0, 0.1) is 0 Å². The highest BCUT2D eigenvalue weighted by atomic mass is 32.2. The van der Waals surface area contributed by atoms with E-state index in [1.165, 1.54) is 43.3 Å². The topological polar surface area (TPSA) is 107 Å². The number of carbonyl (C=O) groups is 1. The van der Waals surface area contributed by atoms with Crippen LogP contribution < -0.4 is 10.5 Å². The van der Waals surface area contributed by atoms with Gasteiger partial charge in [-0.2, -0.15) is 18.3 Å². The van der Waals surface area contributed by atoms with E-state index in [1.54, 1.807) is 12.1 Å². The summed E-state index contributed by atoms with van der Waals surface area (Å²) in [5.74, 6) is -0.280. The first-order valence-corrected chi connectivity index (χ1v) is 9.68. The summed E-state index contributed by atoms with van der Waals surface area (Å²) in [5, 5.41) is 11.2. The van der Waals surface area contributed by atoms with E-state index in [1.807, 2.05) is 0 Å². The lowest BCUT2D eigenvalue weighted by molar-refractivity contribution is -0.141. The molecule has 3 N–H and O–H groups in total. The normalized spacial score (nSPS) is 12.0. The van der Waals surface area contributed by atoms with Gasteiger partial charge in [0.05, 0.1) is 16.3 Å². The Morgan fingerprint density at radius 3 is 2.14 bits per heavy atom. The molecule has 1 aromatic heterocycles. The number of primary sulfonamides is 1. The molecule has 0 saturated carbocycles. The zero-order valence-electron chi connectivity index (χ0n) is 14.9. The molecule has 0 radical (unpaired) electrons. The number of nitrogens with two attached hydrogens (primary N) is 1. The summed E-state index contributed by atoms with van der Waals surface area (Å²) in [6.07, 6.45) is -4.67. The largest absolute Gasteiger partial charge is 0.435 e. The third kappa shape index (κ3) is 4.63. The minimum absolute atomic E-state index is 0.134. The molecule has 29 heavy (non-hydrogen) atoms. The van der Waals surface area contributed by atoms with Crippen molar-refractivity contribution in [1.82, 2.24) is 9.78 Å². The number of hydrogen-bond acceptors (Lipinski definition) is 4. The zero-order chi connectivity index (χ0) is 21.4. The summed E-state index contributed by atoms with van der Waals surface area (Å²) in [6.45, 7) is 1.34. The Morgan fingerprint density at radius 2 is 1.66 bits per heavy atom. The van der Waals surface area contributed by atoms with Crippen molar-refractivity contribution in [2.45, 2.75) is 18.0 Å². The molecule has 152 valence electrons. The van der Waals surface area contributed by atoms with Crippen molar-refractivity contribution in [2.75, 3.05) is 5.32 Å². The summed E-state index contributed by atoms with van der Waals surface area (Å²) in [7, 11) is -3.94. The first-order chi connectivity index (χ1) is 13.4. The zero-order valence-corrected chi connectivity index (χ0v) is 15.8. The number of nitrogens with zero attached hydrogens (tertiary/aromatic N) is 2. The standard InChI is InChI=1S/C18H15F3N4O3S/c1-11(26)23-13-4-2-12(3-5-13)16-10-17(18(19,20)21)24-25(16)14-6-8-15(9-7-14)29(22,27)28/h2-10H,1H3,(H,23,26)(H2,22,27,28). The number of anilines is 1. The quantitative estimate of drug-likeness (QED) is 0.671. The van der Waals surface area contributed by atoms with E-state index in [-0.39, 0.29) is 22.2 Å². The molecule has 0 aliphatic carbocycles. The number of halogens is 3. The predicted octanol–water partition coefficient (Wildman–Crippen LogP) is 3.16. The van der Waals surface area contributed by atoms with Gasteiger partial charge in [-0.3, -0.25) is 4.79 Å². The molecule has 0 unspecified atom stereocenters. The van der Waals surface area contributed by atoms with Gasteiger partial charge in [-0.1, -0.05) is 12.1 Å². The molecule has 0 aliphatic heterocycles. The van der Waals surface area contributed by atoms with Crippen LogP contribution in [0.15, 0.2) is 59.5 Å². The van der Waals surface area contributed by atoms with E-state index >= 15 is 0 Å². The molecule has 1 heterocycles. The molecule has 0 saturated heterocycles. The van der Waals surface area contributed by atoms with Crippen molar-refractivity contribution in [1.29, 1.82) is 0 Å². The number of hydrogen-bond donors (Lipinski definition) is 2. The Morgan fingerprint density at radius 1 is 1.07 bits per heavy atom. The number of carbonyl (C=O) groups excluding carboxylic acids is 1. The fourth-order valence-electron chi connectivity index (χ4n) is 2.63. The maximum absolute atomic E-state index is 13.2. The third-order valence-electron chi connectivity index (χ3n) is 3.91. The number of sulfonamides is 1. The SMILES string of the molecule is CC(=O)Nc1ccc(-c2cc(C(F)(F)F)nn2-c2ccc(S(N)(=O)=O)cc2)cc1. The average molecular weight is 424 g/mol. The van der Waals surface area contributed by atoms with Gasteiger partial charge in [-0.25, -0.2) is 18.2 Å². The molecule has 0 fully saturated rings. The fraction of sp³-hybridized carbons (Fsp3) is 0.111. The van der Waals surface area contributed by atoms with Crippen LogP contribution in [-0.2, 0) is 21.0 Å².